The van der Waals surface area contributed by atoms with Crippen LogP contribution in [0.5, 0.6) is 0 Å². The Morgan fingerprint density at radius 2 is 1.93 bits per heavy atom. The lowest BCUT2D eigenvalue weighted by Crippen LogP contribution is -2.07. The Labute approximate surface area is 87.7 Å². The number of rotatable bonds is 1. The molecule has 0 atom stereocenters. The molecule has 0 radical (unpaired) electrons. The topological polar surface area (TPSA) is 54.4 Å². The summed E-state index contributed by atoms with van der Waals surface area (Å²) >= 11 is 0. The summed E-state index contributed by atoms with van der Waals surface area (Å²) in [5.74, 6) is -0.868. The number of carboxylic acid groups (broad SMARTS) is 1. The number of carbonyl (C=O) groups is 2. The summed E-state index contributed by atoms with van der Waals surface area (Å²) in [6, 6.07) is 4.95. The van der Waals surface area contributed by atoms with Crippen LogP contribution < -0.4 is 0 Å². The Morgan fingerprint density at radius 3 is 2.67 bits per heavy atom. The lowest BCUT2D eigenvalue weighted by molar-refractivity contribution is 0.0695. The summed E-state index contributed by atoms with van der Waals surface area (Å²) in [6.07, 6.45) is 2.98. The van der Waals surface area contributed by atoms with Crippen molar-refractivity contribution in [3.05, 3.63) is 34.9 Å². The van der Waals surface area contributed by atoms with Gasteiger partial charge in [-0.05, 0) is 30.9 Å². The molecule has 0 heterocycles. The highest BCUT2D eigenvalue weighted by atomic mass is 16.4. The van der Waals surface area contributed by atoms with Crippen LogP contribution in [-0.4, -0.2) is 16.9 Å². The van der Waals surface area contributed by atoms with Gasteiger partial charge in [0.05, 0.1) is 5.56 Å². The fraction of sp³-hybridized carbons (Fsp3) is 0.333. The van der Waals surface area contributed by atoms with E-state index in [0.29, 0.717) is 24.0 Å². The minimum absolute atomic E-state index is 0.0746. The summed E-state index contributed by atoms with van der Waals surface area (Å²) in [4.78, 5) is 22.7. The van der Waals surface area contributed by atoms with Crippen molar-refractivity contribution in [1.82, 2.24) is 0 Å². The molecule has 3 heteroatoms. The van der Waals surface area contributed by atoms with Gasteiger partial charge in [0.25, 0.3) is 0 Å². The van der Waals surface area contributed by atoms with E-state index in [1.807, 2.05) is 0 Å². The fourth-order valence-corrected chi connectivity index (χ4v) is 2.04. The van der Waals surface area contributed by atoms with Crippen LogP contribution in [-0.2, 0) is 6.42 Å². The quantitative estimate of drug-likeness (QED) is 0.714. The van der Waals surface area contributed by atoms with Crippen LogP contribution in [0.2, 0.25) is 0 Å². The molecule has 0 unspecified atom stereocenters. The van der Waals surface area contributed by atoms with E-state index < -0.39 is 5.97 Å². The maximum atomic E-state index is 11.7. The van der Waals surface area contributed by atoms with Gasteiger partial charge in [-0.25, -0.2) is 4.79 Å². The van der Waals surface area contributed by atoms with Gasteiger partial charge in [0, 0.05) is 12.0 Å². The predicted molar refractivity (Wildman–Crippen MR) is 55.3 cm³/mol. The SMILES string of the molecule is O=C(O)c1cccc2c1CCCCC2=O. The Bertz CT molecular complexity index is 421. The van der Waals surface area contributed by atoms with Crippen LogP contribution in [0.1, 0.15) is 45.5 Å². The number of Topliss-reactive ketones (excluding diaryl/α,β-unsaturated/α-hetero) is 1. The largest absolute Gasteiger partial charge is 0.478 e. The van der Waals surface area contributed by atoms with E-state index in [-0.39, 0.29) is 11.3 Å². The van der Waals surface area contributed by atoms with Crippen LogP contribution in [0.25, 0.3) is 0 Å². The van der Waals surface area contributed by atoms with Gasteiger partial charge in [-0.2, -0.15) is 0 Å². The Balaban J connectivity index is 2.58. The maximum Gasteiger partial charge on any atom is 0.335 e. The Hall–Kier alpha value is -1.64. The minimum Gasteiger partial charge on any atom is -0.478 e. The standard InChI is InChI=1S/C12H12O3/c13-11-7-2-1-4-8-9(11)5-3-6-10(8)12(14)15/h3,5-6H,1-2,4,7H2,(H,14,15). The molecule has 0 fully saturated rings. The smallest absolute Gasteiger partial charge is 0.335 e. The number of benzene rings is 1. The molecule has 2 rings (SSSR count). The number of carboxylic acids is 1. The van der Waals surface area contributed by atoms with Gasteiger partial charge in [-0.15, -0.1) is 0 Å². The normalized spacial score (nSPS) is 15.6. The van der Waals surface area contributed by atoms with Gasteiger partial charge in [0.15, 0.2) is 5.78 Å². The summed E-state index contributed by atoms with van der Waals surface area (Å²) in [7, 11) is 0. The second-order valence-corrected chi connectivity index (χ2v) is 3.77. The zero-order valence-corrected chi connectivity index (χ0v) is 8.32. The van der Waals surface area contributed by atoms with Crippen molar-refractivity contribution in [2.45, 2.75) is 25.7 Å². The molecule has 3 nitrogen and oxygen atoms in total. The molecule has 1 aliphatic carbocycles. The second kappa shape index (κ2) is 3.85. The van der Waals surface area contributed by atoms with Gasteiger partial charge in [-0.1, -0.05) is 12.1 Å². The molecule has 0 aliphatic heterocycles. The zero-order valence-electron chi connectivity index (χ0n) is 8.32. The van der Waals surface area contributed by atoms with Gasteiger partial charge < -0.3 is 5.11 Å². The molecule has 0 bridgehead atoms. The lowest BCUT2D eigenvalue weighted by Gasteiger charge is -2.07. The molecule has 15 heavy (non-hydrogen) atoms. The summed E-state index contributed by atoms with van der Waals surface area (Å²) in [5.41, 5.74) is 1.60. The zero-order chi connectivity index (χ0) is 10.8. The third kappa shape index (κ3) is 1.77. The van der Waals surface area contributed by atoms with Crippen molar-refractivity contribution in [1.29, 1.82) is 0 Å². The molecule has 1 aromatic rings. The molecular weight excluding hydrogens is 192 g/mol. The molecule has 0 saturated heterocycles. The van der Waals surface area contributed by atoms with Crippen molar-refractivity contribution < 1.29 is 14.7 Å². The minimum atomic E-state index is -0.943. The highest BCUT2D eigenvalue weighted by Crippen LogP contribution is 2.23. The van der Waals surface area contributed by atoms with Crippen molar-refractivity contribution in [3.63, 3.8) is 0 Å². The number of fused-ring (bicyclic) bond motifs is 1. The Kier molecular flexibility index (Phi) is 2.54. The predicted octanol–water partition coefficient (Wildman–Crippen LogP) is 2.29. The fourth-order valence-electron chi connectivity index (χ4n) is 2.04. The van der Waals surface area contributed by atoms with E-state index in [0.717, 1.165) is 12.8 Å². The molecule has 1 aromatic carbocycles. The van der Waals surface area contributed by atoms with E-state index >= 15 is 0 Å². The maximum absolute atomic E-state index is 11.7. The first-order valence-electron chi connectivity index (χ1n) is 5.08. The van der Waals surface area contributed by atoms with Crippen molar-refractivity contribution in [2.24, 2.45) is 0 Å². The average Bonchev–Trinajstić information content (AvgIpc) is 2.40. The van der Waals surface area contributed by atoms with Gasteiger partial charge in [-0.3, -0.25) is 4.79 Å². The number of hydrogen-bond acceptors (Lipinski definition) is 2. The summed E-state index contributed by atoms with van der Waals surface area (Å²) < 4.78 is 0. The first kappa shape index (κ1) is 9.90. The summed E-state index contributed by atoms with van der Waals surface area (Å²) in [6.45, 7) is 0. The van der Waals surface area contributed by atoms with Crippen LogP contribution >= 0.6 is 0 Å². The number of carbonyl (C=O) groups excluding carboxylic acids is 1. The van der Waals surface area contributed by atoms with Crippen LogP contribution in [0, 0.1) is 0 Å². The monoisotopic (exact) mass is 204 g/mol. The van der Waals surface area contributed by atoms with Crippen molar-refractivity contribution in [2.75, 3.05) is 0 Å². The third-order valence-corrected chi connectivity index (χ3v) is 2.79. The van der Waals surface area contributed by atoms with Crippen LogP contribution in [0.15, 0.2) is 18.2 Å². The highest BCUT2D eigenvalue weighted by Gasteiger charge is 2.20. The van der Waals surface area contributed by atoms with Gasteiger partial charge in [0.1, 0.15) is 0 Å². The number of ketones is 1. The average molecular weight is 204 g/mol. The van der Waals surface area contributed by atoms with E-state index in [1.54, 1.807) is 18.2 Å². The van der Waals surface area contributed by atoms with Crippen molar-refractivity contribution >= 4 is 11.8 Å². The molecule has 0 spiro atoms. The lowest BCUT2D eigenvalue weighted by atomic mass is 9.97. The summed E-state index contributed by atoms with van der Waals surface area (Å²) in [5, 5.41) is 9.01. The first-order valence-corrected chi connectivity index (χ1v) is 5.08. The third-order valence-electron chi connectivity index (χ3n) is 2.79. The molecule has 0 saturated carbocycles. The van der Waals surface area contributed by atoms with Gasteiger partial charge in [0.2, 0.25) is 0 Å². The van der Waals surface area contributed by atoms with E-state index in [4.69, 9.17) is 5.11 Å². The van der Waals surface area contributed by atoms with Crippen LogP contribution in [0.4, 0.5) is 0 Å². The van der Waals surface area contributed by atoms with E-state index in [1.165, 1.54) is 0 Å². The Morgan fingerprint density at radius 1 is 1.20 bits per heavy atom. The van der Waals surface area contributed by atoms with E-state index in [2.05, 4.69) is 0 Å². The van der Waals surface area contributed by atoms with Crippen molar-refractivity contribution in [3.8, 4) is 0 Å². The second-order valence-electron chi connectivity index (χ2n) is 3.77. The molecule has 1 aliphatic rings. The number of aromatic carboxylic acids is 1. The first-order chi connectivity index (χ1) is 7.20. The molecule has 0 amide bonds. The van der Waals surface area contributed by atoms with Crippen LogP contribution in [0.3, 0.4) is 0 Å². The molecule has 1 N–H and O–H groups in total. The highest BCUT2D eigenvalue weighted by molar-refractivity contribution is 6.01. The van der Waals surface area contributed by atoms with E-state index in [9.17, 15) is 9.59 Å². The molecule has 0 aromatic heterocycles. The number of hydrogen-bond donors (Lipinski definition) is 1. The van der Waals surface area contributed by atoms with Gasteiger partial charge >= 0.3 is 5.97 Å². The molecular formula is C12H12O3. The molecule has 78 valence electrons.